The van der Waals surface area contributed by atoms with Crippen molar-refractivity contribution in [3.63, 3.8) is 0 Å². The van der Waals surface area contributed by atoms with Gasteiger partial charge in [0.15, 0.2) is 0 Å². The Morgan fingerprint density at radius 3 is 1.42 bits per heavy atom. The average Bonchev–Trinajstić information content (AvgIpc) is 2.88. The van der Waals surface area contributed by atoms with Crippen LogP contribution in [-0.4, -0.2) is 17.8 Å². The van der Waals surface area contributed by atoms with Crippen molar-refractivity contribution >= 4 is 34.8 Å². The van der Waals surface area contributed by atoms with Gasteiger partial charge in [-0.1, -0.05) is 72.8 Å². The monoisotopic (exact) mass is 516 g/mol. The molecule has 4 rings (SSSR count). The summed E-state index contributed by atoms with van der Waals surface area (Å²) < 4.78 is 0. The largest absolute Gasteiger partial charge is 1.00 e. The van der Waals surface area contributed by atoms with Gasteiger partial charge in [0.25, 0.3) is 5.91 Å². The van der Waals surface area contributed by atoms with E-state index in [0.717, 1.165) is 11.9 Å². The van der Waals surface area contributed by atoms with Gasteiger partial charge < -0.3 is 17.0 Å². The van der Waals surface area contributed by atoms with Crippen LogP contribution in [0.2, 0.25) is 0 Å². The van der Waals surface area contributed by atoms with E-state index in [0.29, 0.717) is 5.56 Å². The maximum Gasteiger partial charge on any atom is 0.271 e. The van der Waals surface area contributed by atoms with Gasteiger partial charge in [0.05, 0.1) is 5.71 Å². The molecule has 4 aromatic carbocycles. The van der Waals surface area contributed by atoms with Gasteiger partial charge in [-0.3, -0.25) is 4.79 Å². The molecule has 0 fully saturated rings. The molecule has 4 aromatic rings. The first kappa shape index (κ1) is 24.6. The van der Waals surface area contributed by atoms with E-state index in [2.05, 4.69) is 102 Å². The van der Waals surface area contributed by atoms with Crippen LogP contribution in [0, 0.1) is 0 Å². The lowest BCUT2D eigenvalue weighted by Gasteiger charge is -2.27. The third-order valence-corrected chi connectivity index (χ3v) is 9.91. The zero-order valence-corrected chi connectivity index (χ0v) is 20.9. The molecule has 166 valence electrons. The maximum absolute atomic E-state index is 12.5. The second-order valence-corrected chi connectivity index (χ2v) is 11.1. The second-order valence-electron chi connectivity index (χ2n) is 7.63. The Bertz CT molecular complexity index is 1090. The Hall–Kier alpha value is -3.07. The molecule has 0 aliphatic carbocycles. The van der Waals surface area contributed by atoms with Gasteiger partial charge in [-0.2, -0.15) is 5.10 Å². The van der Waals surface area contributed by atoms with Crippen molar-refractivity contribution < 1.29 is 21.8 Å². The number of hydrogen-bond donors (Lipinski definition) is 1. The van der Waals surface area contributed by atoms with E-state index in [9.17, 15) is 4.79 Å². The minimum atomic E-state index is -2.02. The number of hydrazone groups is 1. The van der Waals surface area contributed by atoms with E-state index in [4.69, 9.17) is 0 Å². The summed E-state index contributed by atoms with van der Waals surface area (Å²) in [6.45, 7) is 1.99. The van der Waals surface area contributed by atoms with E-state index >= 15 is 0 Å². The highest BCUT2D eigenvalue weighted by atomic mass is 79.9. The Morgan fingerprint density at radius 2 is 1.03 bits per heavy atom. The van der Waals surface area contributed by atoms with E-state index in [1.807, 2.05) is 25.1 Å². The lowest BCUT2D eigenvalue weighted by Crippen LogP contribution is -3.00. The Labute approximate surface area is 206 Å². The van der Waals surface area contributed by atoms with Crippen LogP contribution in [0.1, 0.15) is 17.3 Å². The Kier molecular flexibility index (Phi) is 8.71. The molecule has 0 saturated heterocycles. The van der Waals surface area contributed by atoms with Crippen molar-refractivity contribution in [1.82, 2.24) is 5.43 Å². The molecule has 33 heavy (non-hydrogen) atoms. The molecule has 0 aliphatic rings. The van der Waals surface area contributed by atoms with Gasteiger partial charge in [0, 0.05) is 5.56 Å². The fourth-order valence-electron chi connectivity index (χ4n) is 3.95. The number of nitrogens with zero attached hydrogens (tertiary/aromatic N) is 1. The Morgan fingerprint density at radius 1 is 0.667 bits per heavy atom. The number of halogens is 1. The van der Waals surface area contributed by atoms with Gasteiger partial charge in [-0.05, 0) is 55.5 Å². The molecule has 0 heterocycles. The summed E-state index contributed by atoms with van der Waals surface area (Å²) in [6.07, 6.45) is 0.736. The molecule has 1 amide bonds. The van der Waals surface area contributed by atoms with Crippen LogP contribution in [0.15, 0.2) is 126 Å². The standard InChI is InChI=1S/C28H25N2OP.BrH/c1-23(29-30-28(31)24-14-6-2-7-15-24)22-32(25-16-8-3-9-17-25,26-18-10-4-11-19-26)27-20-12-5-13-21-27;/h2-21H,22H2,1H3;1H/b29-23+;. The minimum absolute atomic E-state index is 0. The molecule has 0 bridgehead atoms. The van der Waals surface area contributed by atoms with Crippen molar-refractivity contribution in [2.45, 2.75) is 6.92 Å². The predicted molar refractivity (Wildman–Crippen MR) is 137 cm³/mol. The first-order valence-corrected chi connectivity index (χ1v) is 12.6. The highest BCUT2D eigenvalue weighted by molar-refractivity contribution is 7.96. The topological polar surface area (TPSA) is 41.5 Å². The molecule has 0 radical (unpaired) electrons. The number of carbonyl (C=O) groups is 1. The number of carbonyl (C=O) groups excluding carboxylic acids is 1. The molecule has 0 atom stereocenters. The van der Waals surface area contributed by atoms with Gasteiger partial charge in [0.1, 0.15) is 29.3 Å². The molecular weight excluding hydrogens is 491 g/mol. The van der Waals surface area contributed by atoms with Gasteiger partial charge in [-0.25, -0.2) is 5.43 Å². The molecule has 0 aromatic heterocycles. The first-order chi connectivity index (χ1) is 15.7. The second kappa shape index (κ2) is 11.7. The number of benzene rings is 4. The number of nitrogens with one attached hydrogen (secondary N) is 1. The zero-order valence-electron chi connectivity index (χ0n) is 18.4. The van der Waals surface area contributed by atoms with Crippen LogP contribution in [0.5, 0.6) is 0 Å². The zero-order chi connectivity index (χ0) is 22.2. The number of hydrogen-bond acceptors (Lipinski definition) is 2. The third kappa shape index (κ3) is 5.65. The summed E-state index contributed by atoms with van der Waals surface area (Å²) in [7, 11) is -2.02. The molecule has 0 aliphatic heterocycles. The number of rotatable bonds is 7. The fraction of sp³-hybridized carbons (Fsp3) is 0.0714. The van der Waals surface area contributed by atoms with Crippen molar-refractivity contribution in [2.24, 2.45) is 5.10 Å². The summed E-state index contributed by atoms with van der Waals surface area (Å²) >= 11 is 0. The molecular formula is C28H26BrN2OP. The van der Waals surface area contributed by atoms with Crippen LogP contribution >= 0.6 is 7.26 Å². The van der Waals surface area contributed by atoms with Crippen molar-refractivity contribution in [3.05, 3.63) is 127 Å². The maximum atomic E-state index is 12.5. The lowest BCUT2D eigenvalue weighted by molar-refractivity contribution is -0.0000145. The molecule has 3 nitrogen and oxygen atoms in total. The molecule has 0 saturated carbocycles. The van der Waals surface area contributed by atoms with Crippen molar-refractivity contribution in [3.8, 4) is 0 Å². The molecule has 5 heteroatoms. The van der Waals surface area contributed by atoms with Gasteiger partial charge in [0.2, 0.25) is 0 Å². The molecule has 1 N–H and O–H groups in total. The highest BCUT2D eigenvalue weighted by Crippen LogP contribution is 2.55. The molecule has 0 unspecified atom stereocenters. The third-order valence-electron chi connectivity index (χ3n) is 5.44. The predicted octanol–water partition coefficient (Wildman–Crippen LogP) is 1.79. The van der Waals surface area contributed by atoms with E-state index in [1.54, 1.807) is 12.1 Å². The van der Waals surface area contributed by atoms with Gasteiger partial charge in [-0.15, -0.1) is 0 Å². The summed E-state index contributed by atoms with van der Waals surface area (Å²) in [6, 6.07) is 41.2. The summed E-state index contributed by atoms with van der Waals surface area (Å²) in [5.41, 5.74) is 4.23. The normalized spacial score (nSPS) is 11.4. The lowest BCUT2D eigenvalue weighted by atomic mass is 10.2. The summed E-state index contributed by atoms with van der Waals surface area (Å²) in [5, 5.41) is 8.39. The van der Waals surface area contributed by atoms with Crippen LogP contribution in [0.4, 0.5) is 0 Å². The smallest absolute Gasteiger partial charge is 0.271 e. The van der Waals surface area contributed by atoms with E-state index in [-0.39, 0.29) is 22.9 Å². The van der Waals surface area contributed by atoms with Crippen molar-refractivity contribution in [2.75, 3.05) is 6.16 Å². The van der Waals surface area contributed by atoms with Crippen LogP contribution < -0.4 is 38.3 Å². The highest BCUT2D eigenvalue weighted by Gasteiger charge is 2.45. The number of amides is 1. The minimum Gasteiger partial charge on any atom is -1.00 e. The summed E-state index contributed by atoms with van der Waals surface area (Å²) in [4.78, 5) is 12.5. The van der Waals surface area contributed by atoms with Crippen LogP contribution in [0.3, 0.4) is 0 Å². The summed E-state index contributed by atoms with van der Waals surface area (Å²) in [5.74, 6) is -0.201. The van der Waals surface area contributed by atoms with Gasteiger partial charge >= 0.3 is 0 Å². The van der Waals surface area contributed by atoms with Crippen LogP contribution in [0.25, 0.3) is 0 Å². The fourth-order valence-corrected chi connectivity index (χ4v) is 8.19. The molecule has 0 spiro atoms. The quantitative estimate of drug-likeness (QED) is 0.227. The Balaban J connectivity index is 0.00000306. The van der Waals surface area contributed by atoms with E-state index in [1.165, 1.54) is 15.9 Å². The van der Waals surface area contributed by atoms with E-state index < -0.39 is 7.26 Å². The average molecular weight is 517 g/mol. The van der Waals surface area contributed by atoms with Crippen LogP contribution in [-0.2, 0) is 0 Å². The first-order valence-electron chi connectivity index (χ1n) is 10.6. The van der Waals surface area contributed by atoms with Crippen molar-refractivity contribution in [1.29, 1.82) is 0 Å². The SMILES string of the molecule is C/C(C[P+](c1ccccc1)(c1ccccc1)c1ccccc1)=N\NC(=O)c1ccccc1.[Br-].